The zero-order valence-corrected chi connectivity index (χ0v) is 71.1. The second-order valence-electron chi connectivity index (χ2n) is 34.2. The molecule has 1 aliphatic carbocycles. The lowest BCUT2D eigenvalue weighted by molar-refractivity contribution is 0.660. The number of aromatic nitrogens is 2. The van der Waals surface area contributed by atoms with E-state index < -0.39 is 0 Å². The van der Waals surface area contributed by atoms with Gasteiger partial charge in [-0.25, -0.2) is 0 Å². The molecule has 129 heavy (non-hydrogen) atoms. The monoisotopic (exact) mass is 1650 g/mol. The first-order valence-corrected chi connectivity index (χ1v) is 44.3. The van der Waals surface area contributed by atoms with Crippen LogP contribution in [0, 0.1) is 0 Å². The van der Waals surface area contributed by atoms with Crippen LogP contribution in [0.3, 0.4) is 0 Å². The van der Waals surface area contributed by atoms with Gasteiger partial charge in [0.1, 0.15) is 22.3 Å². The van der Waals surface area contributed by atoms with Crippen LogP contribution in [0.25, 0.3) is 188 Å². The van der Waals surface area contributed by atoms with Gasteiger partial charge in [0.2, 0.25) is 0 Å². The molecule has 0 radical (unpaired) electrons. The van der Waals surface area contributed by atoms with Gasteiger partial charge in [-0.05, 0) is 222 Å². The summed E-state index contributed by atoms with van der Waals surface area (Å²) in [4.78, 5) is 4.73. The van der Waals surface area contributed by atoms with Gasteiger partial charge in [0.05, 0.1) is 32.8 Å². The third-order valence-electron chi connectivity index (χ3n) is 26.4. The molecular formula is C123H84N4O2. The van der Waals surface area contributed by atoms with Gasteiger partial charge in [-0.3, -0.25) is 0 Å². The number of hydrogen-bond donors (Lipinski definition) is 0. The Balaban J connectivity index is 0.000000143. The molecule has 0 aliphatic heterocycles. The summed E-state index contributed by atoms with van der Waals surface area (Å²) < 4.78 is 18.7. The molecule has 24 aromatic rings. The maximum absolute atomic E-state index is 6.94. The van der Waals surface area contributed by atoms with Gasteiger partial charge in [0.15, 0.2) is 0 Å². The molecule has 0 N–H and O–H groups in total. The Morgan fingerprint density at radius 1 is 0.202 bits per heavy atom. The zero-order chi connectivity index (χ0) is 85.6. The number of furan rings is 2. The summed E-state index contributed by atoms with van der Waals surface area (Å²) in [7, 11) is 0. The molecule has 4 aromatic heterocycles. The minimum Gasteiger partial charge on any atom is -0.455 e. The molecule has 608 valence electrons. The van der Waals surface area contributed by atoms with Crippen molar-refractivity contribution >= 4 is 122 Å². The van der Waals surface area contributed by atoms with Crippen LogP contribution in [0.15, 0.2) is 482 Å². The first-order chi connectivity index (χ1) is 63.7. The van der Waals surface area contributed by atoms with Crippen LogP contribution in [0.5, 0.6) is 0 Å². The molecule has 1 aliphatic rings. The lowest BCUT2D eigenvalue weighted by Crippen LogP contribution is -2.16. The van der Waals surface area contributed by atoms with Crippen LogP contribution >= 0.6 is 0 Å². The molecule has 4 heterocycles. The second-order valence-corrected chi connectivity index (χ2v) is 34.2. The van der Waals surface area contributed by atoms with E-state index in [4.69, 9.17) is 8.83 Å². The molecule has 0 saturated carbocycles. The first-order valence-electron chi connectivity index (χ1n) is 44.3. The van der Waals surface area contributed by atoms with Crippen molar-refractivity contribution in [3.8, 4) is 100 Å². The van der Waals surface area contributed by atoms with E-state index in [2.05, 4.69) is 506 Å². The second kappa shape index (κ2) is 31.5. The molecule has 0 atom stereocenters. The van der Waals surface area contributed by atoms with E-state index in [0.717, 1.165) is 134 Å². The van der Waals surface area contributed by atoms with Crippen molar-refractivity contribution < 1.29 is 8.83 Å². The Kier molecular flexibility index (Phi) is 18.5. The third kappa shape index (κ3) is 13.2. The van der Waals surface area contributed by atoms with Crippen molar-refractivity contribution in [2.45, 2.75) is 19.3 Å². The van der Waals surface area contributed by atoms with E-state index in [1.807, 2.05) is 0 Å². The SMILES string of the molecule is CC1(C)c2ccccc2-c2ccc(N(c3ccc(-c4ccccc4)cc3)c3ccc(-c4cc5c6ccccc6n(-c6ccc(-c7ccccc7)cc6)c5c5c4oc4ccccc45)cc3)cc21.c1ccc(-c2ccc(N(c3ccc(-c4ccccc4)cc3)c3ccc(-c4cc5c6ccccc6n(-c6ccc(-c7ccccc7)cc6)c5c5c4oc4ccccc45)cc3)cc2)cc1. The molecule has 0 bridgehead atoms. The van der Waals surface area contributed by atoms with Gasteiger partial charge < -0.3 is 27.8 Å². The molecule has 6 nitrogen and oxygen atoms in total. The number of hydrogen-bond acceptors (Lipinski definition) is 4. The topological polar surface area (TPSA) is 42.6 Å². The lowest BCUT2D eigenvalue weighted by atomic mass is 9.82. The molecule has 6 heteroatoms. The third-order valence-corrected chi connectivity index (χ3v) is 26.4. The Labute approximate surface area is 748 Å². The summed E-state index contributed by atoms with van der Waals surface area (Å²) in [5, 5.41) is 9.23. The van der Waals surface area contributed by atoms with Crippen molar-refractivity contribution in [3.05, 3.63) is 484 Å². The number of nitrogens with zero attached hydrogens (tertiary/aromatic N) is 4. The lowest BCUT2D eigenvalue weighted by Gasteiger charge is -2.28. The predicted octanol–water partition coefficient (Wildman–Crippen LogP) is 34.3. The van der Waals surface area contributed by atoms with E-state index in [1.165, 1.54) is 99.4 Å². The smallest absolute Gasteiger partial charge is 0.145 e. The van der Waals surface area contributed by atoms with Crippen LogP contribution in [-0.4, -0.2) is 9.13 Å². The van der Waals surface area contributed by atoms with Crippen LogP contribution in [0.2, 0.25) is 0 Å². The minimum absolute atomic E-state index is 0.125. The number of rotatable bonds is 15. The van der Waals surface area contributed by atoms with Crippen LogP contribution < -0.4 is 9.80 Å². The highest BCUT2D eigenvalue weighted by molar-refractivity contribution is 6.29. The van der Waals surface area contributed by atoms with Crippen LogP contribution in [0.4, 0.5) is 34.1 Å². The van der Waals surface area contributed by atoms with Gasteiger partial charge in [-0.2, -0.15) is 0 Å². The minimum atomic E-state index is -0.125. The number of para-hydroxylation sites is 4. The average molecular weight is 1650 g/mol. The summed E-state index contributed by atoms with van der Waals surface area (Å²) in [5.41, 5.74) is 38.4. The molecule has 0 saturated heterocycles. The highest BCUT2D eigenvalue weighted by Gasteiger charge is 2.36. The average Bonchev–Trinajstić information content (AvgIpc) is 1.56. The van der Waals surface area contributed by atoms with E-state index in [9.17, 15) is 0 Å². The Morgan fingerprint density at radius 3 is 0.837 bits per heavy atom. The summed E-state index contributed by atoms with van der Waals surface area (Å²) in [5.74, 6) is 0. The summed E-state index contributed by atoms with van der Waals surface area (Å²) >= 11 is 0. The Hall–Kier alpha value is -16.8. The number of anilines is 6. The van der Waals surface area contributed by atoms with Gasteiger partial charge in [0.25, 0.3) is 0 Å². The van der Waals surface area contributed by atoms with Gasteiger partial charge >= 0.3 is 0 Å². The molecular weight excluding hydrogens is 1570 g/mol. The van der Waals surface area contributed by atoms with Gasteiger partial charge in [-0.15, -0.1) is 0 Å². The van der Waals surface area contributed by atoms with Crippen molar-refractivity contribution in [1.29, 1.82) is 0 Å². The largest absolute Gasteiger partial charge is 0.455 e. The molecule has 0 unspecified atom stereocenters. The first kappa shape index (κ1) is 75.9. The molecule has 0 fully saturated rings. The van der Waals surface area contributed by atoms with Gasteiger partial charge in [-0.1, -0.05) is 354 Å². The van der Waals surface area contributed by atoms with E-state index in [1.54, 1.807) is 0 Å². The summed E-state index contributed by atoms with van der Waals surface area (Å²) in [6.07, 6.45) is 0. The quantitative estimate of drug-likeness (QED) is 0.103. The highest BCUT2D eigenvalue weighted by Crippen LogP contribution is 2.53. The van der Waals surface area contributed by atoms with Crippen molar-refractivity contribution in [2.75, 3.05) is 9.80 Å². The zero-order valence-electron chi connectivity index (χ0n) is 71.1. The molecule has 0 spiro atoms. The van der Waals surface area contributed by atoms with Gasteiger partial charge in [0, 0.05) is 94.4 Å². The summed E-state index contributed by atoms with van der Waals surface area (Å²) in [6.45, 7) is 4.70. The molecule has 0 amide bonds. The Bertz CT molecular complexity index is 8260. The summed E-state index contributed by atoms with van der Waals surface area (Å²) in [6, 6.07) is 171. The number of benzene rings is 20. The van der Waals surface area contributed by atoms with Crippen LogP contribution in [0.1, 0.15) is 25.0 Å². The number of fused-ring (bicyclic) bond motifs is 17. The highest BCUT2D eigenvalue weighted by atomic mass is 16.3. The van der Waals surface area contributed by atoms with E-state index in [0.29, 0.717) is 0 Å². The molecule has 20 aromatic carbocycles. The van der Waals surface area contributed by atoms with Crippen molar-refractivity contribution in [2.24, 2.45) is 0 Å². The van der Waals surface area contributed by atoms with Crippen molar-refractivity contribution in [3.63, 3.8) is 0 Å². The standard InChI is InChI=1S/C63H44N2O.C60H40N2O/c1-63(2)56-22-12-9-19-50(56)51-38-37-49(39-57(51)63)64(46-31-25-43(26-32-46)41-15-5-3-6-16-41)47-35-29-45(30-36-47)54-40-55-52-20-10-13-23-58(52)65(48-33-27-44(28-34-48)42-17-7-4-8-18-42)61(55)60-53-21-11-14-24-59(53)66-62(54)60;1-4-14-41(15-5-1)44-24-32-48(33-25-44)61(49-34-26-45(27-35-49)42-16-6-2-7-17-42)50-38-30-47(31-39-50)54-40-55-52-20-10-12-22-56(52)62(51-36-28-46(29-37-51)43-18-8-3-9-19-43)59(55)58-53-21-11-13-23-57(53)63-60(54)58/h3-40H,1-2H3;1-40H. The van der Waals surface area contributed by atoms with E-state index in [-0.39, 0.29) is 5.41 Å². The normalized spacial score (nSPS) is 12.2. The van der Waals surface area contributed by atoms with Crippen LogP contribution in [-0.2, 0) is 5.41 Å². The maximum atomic E-state index is 6.94. The Morgan fingerprint density at radius 2 is 0.473 bits per heavy atom. The van der Waals surface area contributed by atoms with E-state index >= 15 is 0 Å². The maximum Gasteiger partial charge on any atom is 0.145 e. The van der Waals surface area contributed by atoms with Crippen molar-refractivity contribution in [1.82, 2.24) is 9.13 Å². The fraction of sp³-hybridized carbons (Fsp3) is 0.0244. The fourth-order valence-corrected chi connectivity index (χ4v) is 20.1. The fourth-order valence-electron chi connectivity index (χ4n) is 20.1. The predicted molar refractivity (Wildman–Crippen MR) is 541 cm³/mol. The molecule has 25 rings (SSSR count).